The van der Waals surface area contributed by atoms with E-state index < -0.39 is 0 Å². The van der Waals surface area contributed by atoms with Gasteiger partial charge in [0.05, 0.1) is 36.9 Å². The van der Waals surface area contributed by atoms with Crippen LogP contribution in [0.1, 0.15) is 36.0 Å². The summed E-state index contributed by atoms with van der Waals surface area (Å²) in [5, 5.41) is 12.4. The number of hydrogen-bond donors (Lipinski definition) is 0. The van der Waals surface area contributed by atoms with Crippen molar-refractivity contribution in [2.45, 2.75) is 32.8 Å². The molecule has 0 aliphatic rings. The third kappa shape index (κ3) is 6.04. The minimum atomic E-state index is -0.0727. The fraction of sp³-hybridized carbons (Fsp3) is 0.267. The molecular formula is C30H28N2O3S. The molecule has 182 valence electrons. The molecule has 5 nitrogen and oxygen atoms in total. The largest absolute Gasteiger partial charge is 0.490 e. The number of rotatable bonds is 10. The highest BCUT2D eigenvalue weighted by atomic mass is 32.1. The summed E-state index contributed by atoms with van der Waals surface area (Å²) in [6.45, 7) is 5.35. The highest BCUT2D eigenvalue weighted by Gasteiger charge is 2.13. The number of aromatic nitrogens is 1. The van der Waals surface area contributed by atoms with E-state index in [0.717, 1.165) is 44.8 Å². The molecule has 1 atom stereocenters. The van der Waals surface area contributed by atoms with Gasteiger partial charge in [-0.05, 0) is 60.9 Å². The Morgan fingerprint density at radius 1 is 1.03 bits per heavy atom. The van der Waals surface area contributed by atoms with Gasteiger partial charge >= 0.3 is 0 Å². The van der Waals surface area contributed by atoms with Gasteiger partial charge in [-0.25, -0.2) is 0 Å². The molecule has 0 spiro atoms. The van der Waals surface area contributed by atoms with Gasteiger partial charge in [-0.3, -0.25) is 4.98 Å². The van der Waals surface area contributed by atoms with E-state index in [0.29, 0.717) is 26.2 Å². The molecule has 36 heavy (non-hydrogen) atoms. The van der Waals surface area contributed by atoms with Crippen molar-refractivity contribution >= 4 is 21.4 Å². The number of pyridine rings is 1. The lowest BCUT2D eigenvalue weighted by molar-refractivity contribution is 0.146. The van der Waals surface area contributed by atoms with Crippen molar-refractivity contribution in [1.82, 2.24) is 4.98 Å². The highest BCUT2D eigenvalue weighted by Crippen LogP contribution is 2.36. The number of nitrogens with zero attached hydrogens (tertiary/aromatic N) is 2. The predicted molar refractivity (Wildman–Crippen MR) is 144 cm³/mol. The van der Waals surface area contributed by atoms with Crippen LogP contribution in [-0.4, -0.2) is 25.3 Å². The summed E-state index contributed by atoms with van der Waals surface area (Å²) in [5.74, 6) is 7.46. The molecule has 0 saturated carbocycles. The zero-order valence-corrected chi connectivity index (χ0v) is 21.5. The number of methoxy groups -OCH3 is 1. The van der Waals surface area contributed by atoms with Crippen LogP contribution in [0.5, 0.6) is 11.5 Å². The predicted octanol–water partition coefficient (Wildman–Crippen LogP) is 6.90. The average molecular weight is 497 g/mol. The summed E-state index contributed by atoms with van der Waals surface area (Å²) < 4.78 is 18.0. The number of ether oxygens (including phenoxy) is 3. The van der Waals surface area contributed by atoms with Crippen LogP contribution >= 0.6 is 11.3 Å². The minimum Gasteiger partial charge on any atom is -0.490 e. The van der Waals surface area contributed by atoms with Crippen LogP contribution in [0.3, 0.4) is 0 Å². The maximum Gasteiger partial charge on any atom is 0.138 e. The normalized spacial score (nSPS) is 11.4. The van der Waals surface area contributed by atoms with Gasteiger partial charge in [-0.15, -0.1) is 17.3 Å². The molecular weight excluding hydrogens is 468 g/mol. The SMILES string of the molecule is CC#C[C@@H](CC#N)c1ccc(OCc2ccc3scc(-c4ncc(OCCOC)cc4C)c3c2)cc1. The quantitative estimate of drug-likeness (QED) is 0.177. The molecule has 0 amide bonds. The first-order valence-corrected chi connectivity index (χ1v) is 12.6. The lowest BCUT2D eigenvalue weighted by atomic mass is 9.97. The molecule has 0 N–H and O–H groups in total. The fourth-order valence-corrected chi connectivity index (χ4v) is 4.91. The van der Waals surface area contributed by atoms with Gasteiger partial charge in [0.25, 0.3) is 0 Å². The Morgan fingerprint density at radius 2 is 1.86 bits per heavy atom. The van der Waals surface area contributed by atoms with E-state index in [2.05, 4.69) is 48.4 Å². The Hall–Kier alpha value is -3.84. The van der Waals surface area contributed by atoms with Crippen LogP contribution in [0.15, 0.2) is 60.1 Å². The van der Waals surface area contributed by atoms with Crippen molar-refractivity contribution in [3.05, 3.63) is 76.8 Å². The number of benzene rings is 2. The number of nitriles is 1. The van der Waals surface area contributed by atoms with Crippen LogP contribution in [0, 0.1) is 30.1 Å². The van der Waals surface area contributed by atoms with Gasteiger partial charge in [0.15, 0.2) is 0 Å². The zero-order valence-electron chi connectivity index (χ0n) is 20.7. The first kappa shape index (κ1) is 25.3. The van der Waals surface area contributed by atoms with Crippen molar-refractivity contribution in [3.8, 4) is 40.7 Å². The van der Waals surface area contributed by atoms with Crippen molar-refractivity contribution in [1.29, 1.82) is 5.26 Å². The summed E-state index contributed by atoms with van der Waals surface area (Å²) in [5.41, 5.74) is 5.25. The summed E-state index contributed by atoms with van der Waals surface area (Å²) in [6, 6.07) is 18.5. The first-order chi connectivity index (χ1) is 17.6. The minimum absolute atomic E-state index is 0.0727. The smallest absolute Gasteiger partial charge is 0.138 e. The number of aryl methyl sites for hydroxylation is 1. The molecule has 0 radical (unpaired) electrons. The standard InChI is InChI=1S/C30H28N2O3S/c1-4-5-23(12-13-31)24-7-9-25(10-8-24)35-19-22-6-11-29-27(17-22)28(20-36-29)30-21(2)16-26(18-32-30)34-15-14-33-3/h6-11,16-18,20,23H,12,14-15,19H2,1-3H3/t23-/m0/s1. The second kappa shape index (κ2) is 12.2. The Labute approximate surface area is 216 Å². The molecule has 2 aromatic heterocycles. The highest BCUT2D eigenvalue weighted by molar-refractivity contribution is 7.17. The van der Waals surface area contributed by atoms with Gasteiger partial charge in [-0.2, -0.15) is 5.26 Å². The topological polar surface area (TPSA) is 64.4 Å². The lowest BCUT2D eigenvalue weighted by Crippen LogP contribution is -2.04. The molecule has 0 bridgehead atoms. The van der Waals surface area contributed by atoms with Crippen LogP contribution in [0.2, 0.25) is 0 Å². The molecule has 6 heteroatoms. The van der Waals surface area contributed by atoms with Crippen LogP contribution in [-0.2, 0) is 11.3 Å². The Morgan fingerprint density at radius 3 is 2.58 bits per heavy atom. The molecule has 0 unspecified atom stereocenters. The Balaban J connectivity index is 1.49. The van der Waals surface area contributed by atoms with Crippen molar-refractivity contribution in [2.75, 3.05) is 20.3 Å². The van der Waals surface area contributed by atoms with E-state index >= 15 is 0 Å². The van der Waals surface area contributed by atoms with Crippen molar-refractivity contribution < 1.29 is 14.2 Å². The monoisotopic (exact) mass is 496 g/mol. The van der Waals surface area contributed by atoms with Crippen LogP contribution in [0.4, 0.5) is 0 Å². The molecule has 0 aliphatic carbocycles. The fourth-order valence-electron chi connectivity index (χ4n) is 3.98. The van der Waals surface area contributed by atoms with Gasteiger partial charge in [0.2, 0.25) is 0 Å². The molecule has 0 aliphatic heterocycles. The summed E-state index contributed by atoms with van der Waals surface area (Å²) in [6.07, 6.45) is 2.15. The molecule has 4 aromatic rings. The van der Waals surface area contributed by atoms with Gasteiger partial charge in [-0.1, -0.05) is 24.1 Å². The van der Waals surface area contributed by atoms with Gasteiger partial charge in [0.1, 0.15) is 24.7 Å². The third-order valence-electron chi connectivity index (χ3n) is 5.80. The summed E-state index contributed by atoms with van der Waals surface area (Å²) >= 11 is 1.71. The molecule has 2 aromatic carbocycles. The second-order valence-corrected chi connectivity index (χ2v) is 9.24. The lowest BCUT2D eigenvalue weighted by Gasteiger charge is -2.11. The molecule has 0 fully saturated rings. The third-order valence-corrected chi connectivity index (χ3v) is 6.77. The van der Waals surface area contributed by atoms with Crippen molar-refractivity contribution in [2.24, 2.45) is 0 Å². The Bertz CT molecular complexity index is 1420. The summed E-state index contributed by atoms with van der Waals surface area (Å²) in [4.78, 5) is 4.70. The first-order valence-electron chi connectivity index (χ1n) is 11.7. The number of fused-ring (bicyclic) bond motifs is 1. The van der Waals surface area contributed by atoms with E-state index in [1.165, 1.54) is 4.70 Å². The van der Waals surface area contributed by atoms with Crippen LogP contribution < -0.4 is 9.47 Å². The van der Waals surface area contributed by atoms with E-state index in [9.17, 15) is 0 Å². The maximum absolute atomic E-state index is 9.05. The maximum atomic E-state index is 9.05. The number of hydrogen-bond acceptors (Lipinski definition) is 6. The van der Waals surface area contributed by atoms with E-state index in [4.69, 9.17) is 24.5 Å². The van der Waals surface area contributed by atoms with Crippen LogP contribution in [0.25, 0.3) is 21.3 Å². The summed E-state index contributed by atoms with van der Waals surface area (Å²) in [7, 11) is 1.66. The van der Waals surface area contributed by atoms with Gasteiger partial charge in [0, 0.05) is 28.1 Å². The number of thiophene rings is 1. The van der Waals surface area contributed by atoms with Crippen molar-refractivity contribution in [3.63, 3.8) is 0 Å². The zero-order chi connectivity index (χ0) is 25.3. The average Bonchev–Trinajstić information content (AvgIpc) is 3.31. The molecule has 4 rings (SSSR count). The Kier molecular flexibility index (Phi) is 8.57. The molecule has 0 saturated heterocycles. The van der Waals surface area contributed by atoms with E-state index in [-0.39, 0.29) is 5.92 Å². The molecule has 2 heterocycles. The van der Waals surface area contributed by atoms with Gasteiger partial charge < -0.3 is 14.2 Å². The van der Waals surface area contributed by atoms with E-state index in [1.54, 1.807) is 31.6 Å². The second-order valence-electron chi connectivity index (χ2n) is 8.32. The van der Waals surface area contributed by atoms with E-state index in [1.807, 2.05) is 30.3 Å².